The van der Waals surface area contributed by atoms with Gasteiger partial charge in [-0.25, -0.2) is 0 Å². The Morgan fingerprint density at radius 3 is 1.79 bits per heavy atom. The summed E-state index contributed by atoms with van der Waals surface area (Å²) < 4.78 is 0. The fourth-order valence-electron chi connectivity index (χ4n) is 2.67. The van der Waals surface area contributed by atoms with E-state index in [0.29, 0.717) is 0 Å². The maximum atomic E-state index is 3.39. The molecule has 118 valence electrons. The standard InChI is InChI=1S/C23H21N/c1-24(2)23(22-11-7-4-8-12-22)18-15-19-13-16-21(17-14-19)20-9-5-3-6-10-20/h3-14,16-17,23H,1-2H3. The Bertz CT molecular complexity index is 822. The van der Waals surface area contributed by atoms with Crippen molar-refractivity contribution in [2.75, 3.05) is 14.1 Å². The molecule has 0 aromatic heterocycles. The van der Waals surface area contributed by atoms with Crippen LogP contribution in [0.25, 0.3) is 11.1 Å². The molecule has 3 aromatic carbocycles. The van der Waals surface area contributed by atoms with E-state index in [1.165, 1.54) is 16.7 Å². The number of hydrogen-bond donors (Lipinski definition) is 0. The van der Waals surface area contributed by atoms with Crippen molar-refractivity contribution >= 4 is 0 Å². The van der Waals surface area contributed by atoms with Crippen molar-refractivity contribution in [3.8, 4) is 23.0 Å². The first-order chi connectivity index (χ1) is 11.7. The lowest BCUT2D eigenvalue weighted by atomic mass is 10.0. The van der Waals surface area contributed by atoms with Gasteiger partial charge in [0.05, 0.1) is 6.04 Å². The average Bonchev–Trinajstić information content (AvgIpc) is 2.64. The summed E-state index contributed by atoms with van der Waals surface area (Å²) in [5.41, 5.74) is 4.70. The van der Waals surface area contributed by atoms with E-state index in [4.69, 9.17) is 0 Å². The monoisotopic (exact) mass is 311 g/mol. The molecule has 0 spiro atoms. The molecule has 1 unspecified atom stereocenters. The molecule has 3 aromatic rings. The van der Waals surface area contributed by atoms with Crippen LogP contribution in [0.2, 0.25) is 0 Å². The molecule has 0 heterocycles. The molecule has 0 aliphatic rings. The van der Waals surface area contributed by atoms with Crippen LogP contribution in [0, 0.1) is 11.8 Å². The summed E-state index contributed by atoms with van der Waals surface area (Å²) >= 11 is 0. The highest BCUT2D eigenvalue weighted by Gasteiger charge is 2.09. The van der Waals surface area contributed by atoms with Gasteiger partial charge in [-0.2, -0.15) is 0 Å². The summed E-state index contributed by atoms with van der Waals surface area (Å²) in [4.78, 5) is 2.14. The van der Waals surface area contributed by atoms with Crippen LogP contribution in [-0.2, 0) is 0 Å². The Morgan fingerprint density at radius 1 is 0.667 bits per heavy atom. The van der Waals surface area contributed by atoms with Gasteiger partial charge in [0.25, 0.3) is 0 Å². The molecule has 0 fully saturated rings. The zero-order valence-electron chi connectivity index (χ0n) is 14.1. The molecule has 0 aliphatic carbocycles. The highest BCUT2D eigenvalue weighted by atomic mass is 15.1. The minimum Gasteiger partial charge on any atom is -0.292 e. The van der Waals surface area contributed by atoms with Gasteiger partial charge < -0.3 is 0 Å². The van der Waals surface area contributed by atoms with Gasteiger partial charge in [0.2, 0.25) is 0 Å². The van der Waals surface area contributed by atoms with E-state index in [9.17, 15) is 0 Å². The third-order valence-corrected chi connectivity index (χ3v) is 3.98. The molecule has 3 rings (SSSR count). The molecule has 0 amide bonds. The first kappa shape index (κ1) is 16.1. The van der Waals surface area contributed by atoms with E-state index in [2.05, 4.69) is 104 Å². The third kappa shape index (κ3) is 3.93. The average molecular weight is 311 g/mol. The molecule has 1 nitrogen and oxygen atoms in total. The minimum absolute atomic E-state index is 0.0972. The SMILES string of the molecule is CN(C)C(C#Cc1ccc(-c2ccccc2)cc1)c1ccccc1. The second-order valence-corrected chi connectivity index (χ2v) is 5.99. The van der Waals surface area contributed by atoms with Crippen molar-refractivity contribution in [3.63, 3.8) is 0 Å². The van der Waals surface area contributed by atoms with Crippen LogP contribution in [0.1, 0.15) is 17.2 Å². The smallest absolute Gasteiger partial charge is 0.0969 e. The van der Waals surface area contributed by atoms with E-state index >= 15 is 0 Å². The molecular weight excluding hydrogens is 290 g/mol. The van der Waals surface area contributed by atoms with Crippen LogP contribution < -0.4 is 0 Å². The Morgan fingerprint density at radius 2 is 1.21 bits per heavy atom. The van der Waals surface area contributed by atoms with Crippen LogP contribution >= 0.6 is 0 Å². The molecule has 0 radical (unpaired) electrons. The van der Waals surface area contributed by atoms with Gasteiger partial charge in [-0.1, -0.05) is 84.6 Å². The van der Waals surface area contributed by atoms with Gasteiger partial charge in [-0.15, -0.1) is 0 Å². The summed E-state index contributed by atoms with van der Waals surface area (Å²) in [6.07, 6.45) is 0. The molecular formula is C23H21N. The predicted molar refractivity (Wildman–Crippen MR) is 102 cm³/mol. The van der Waals surface area contributed by atoms with Gasteiger partial charge in [0, 0.05) is 5.56 Å². The van der Waals surface area contributed by atoms with E-state index in [0.717, 1.165) is 5.56 Å². The lowest BCUT2D eigenvalue weighted by molar-refractivity contribution is 0.361. The quantitative estimate of drug-likeness (QED) is 0.615. The second kappa shape index (κ2) is 7.64. The summed E-state index contributed by atoms with van der Waals surface area (Å²) in [5, 5.41) is 0. The van der Waals surface area contributed by atoms with E-state index < -0.39 is 0 Å². The summed E-state index contributed by atoms with van der Waals surface area (Å²) in [6.45, 7) is 0. The number of hydrogen-bond acceptors (Lipinski definition) is 1. The Balaban J connectivity index is 1.82. The number of benzene rings is 3. The first-order valence-electron chi connectivity index (χ1n) is 8.12. The van der Waals surface area contributed by atoms with Crippen LogP contribution in [-0.4, -0.2) is 19.0 Å². The topological polar surface area (TPSA) is 3.24 Å². The lowest BCUT2D eigenvalue weighted by Crippen LogP contribution is -2.18. The lowest BCUT2D eigenvalue weighted by Gasteiger charge is -2.19. The van der Waals surface area contributed by atoms with Crippen molar-refractivity contribution in [2.45, 2.75) is 6.04 Å². The second-order valence-electron chi connectivity index (χ2n) is 5.99. The van der Waals surface area contributed by atoms with Crippen molar-refractivity contribution in [3.05, 3.63) is 96.1 Å². The molecule has 0 aliphatic heterocycles. The molecule has 1 heteroatoms. The van der Waals surface area contributed by atoms with Crippen LogP contribution in [0.3, 0.4) is 0 Å². The van der Waals surface area contributed by atoms with E-state index in [1.807, 2.05) is 12.1 Å². The van der Waals surface area contributed by atoms with E-state index in [-0.39, 0.29) is 6.04 Å². The minimum atomic E-state index is 0.0972. The highest BCUT2D eigenvalue weighted by Crippen LogP contribution is 2.20. The molecule has 0 bridgehead atoms. The van der Waals surface area contributed by atoms with Crippen LogP contribution in [0.5, 0.6) is 0 Å². The fraction of sp³-hybridized carbons (Fsp3) is 0.130. The summed E-state index contributed by atoms with van der Waals surface area (Å²) in [6, 6.07) is 29.3. The Hall–Kier alpha value is -2.82. The van der Waals surface area contributed by atoms with Crippen LogP contribution in [0.4, 0.5) is 0 Å². The fourth-order valence-corrected chi connectivity index (χ4v) is 2.67. The summed E-state index contributed by atoms with van der Waals surface area (Å²) in [7, 11) is 4.12. The summed E-state index contributed by atoms with van der Waals surface area (Å²) in [5.74, 6) is 6.70. The zero-order chi connectivity index (χ0) is 16.8. The van der Waals surface area contributed by atoms with Crippen molar-refractivity contribution in [1.29, 1.82) is 0 Å². The maximum absolute atomic E-state index is 3.39. The molecule has 1 atom stereocenters. The van der Waals surface area contributed by atoms with Gasteiger partial charge in [0.15, 0.2) is 0 Å². The Kier molecular flexibility index (Phi) is 5.11. The van der Waals surface area contributed by atoms with Crippen molar-refractivity contribution in [1.82, 2.24) is 4.90 Å². The molecule has 0 N–H and O–H groups in total. The van der Waals surface area contributed by atoms with Crippen molar-refractivity contribution in [2.24, 2.45) is 0 Å². The predicted octanol–water partition coefficient (Wildman–Crippen LogP) is 5.01. The van der Waals surface area contributed by atoms with E-state index in [1.54, 1.807) is 0 Å². The first-order valence-corrected chi connectivity index (χ1v) is 8.12. The number of nitrogens with zero attached hydrogens (tertiary/aromatic N) is 1. The number of rotatable bonds is 3. The van der Waals surface area contributed by atoms with Crippen molar-refractivity contribution < 1.29 is 0 Å². The molecule has 0 saturated heterocycles. The van der Waals surface area contributed by atoms with Gasteiger partial charge >= 0.3 is 0 Å². The van der Waals surface area contributed by atoms with Gasteiger partial charge in [0.1, 0.15) is 0 Å². The molecule has 0 saturated carbocycles. The Labute approximate surface area is 144 Å². The third-order valence-electron chi connectivity index (χ3n) is 3.98. The largest absolute Gasteiger partial charge is 0.292 e. The normalized spacial score (nSPS) is 11.6. The van der Waals surface area contributed by atoms with Gasteiger partial charge in [-0.3, -0.25) is 4.90 Å². The van der Waals surface area contributed by atoms with Crippen LogP contribution in [0.15, 0.2) is 84.9 Å². The molecule has 24 heavy (non-hydrogen) atoms. The maximum Gasteiger partial charge on any atom is 0.0969 e. The zero-order valence-corrected chi connectivity index (χ0v) is 14.1. The van der Waals surface area contributed by atoms with Gasteiger partial charge in [-0.05, 0) is 42.9 Å². The highest BCUT2D eigenvalue weighted by molar-refractivity contribution is 5.64.